The van der Waals surface area contributed by atoms with E-state index in [1.807, 2.05) is 12.1 Å². The van der Waals surface area contributed by atoms with Crippen LogP contribution in [0.5, 0.6) is 0 Å². The quantitative estimate of drug-likeness (QED) is 0.657. The number of pyridine rings is 1. The molecule has 2 saturated heterocycles. The molecule has 0 amide bonds. The molecule has 6 heteroatoms. The predicted molar refractivity (Wildman–Crippen MR) is 126 cm³/mol. The Labute approximate surface area is 189 Å². The van der Waals surface area contributed by atoms with E-state index in [0.29, 0.717) is 23.3 Å². The summed E-state index contributed by atoms with van der Waals surface area (Å²) in [5, 5.41) is 7.53. The number of halogens is 1. The minimum absolute atomic E-state index is 0.0717. The molecule has 0 aliphatic carbocycles. The molecule has 5 nitrogen and oxygen atoms in total. The molecule has 2 atom stereocenters. The Balaban J connectivity index is 1.44. The number of carbonyl (C=O) groups is 1. The van der Waals surface area contributed by atoms with Crippen molar-refractivity contribution in [3.8, 4) is 11.1 Å². The van der Waals surface area contributed by atoms with Crippen molar-refractivity contribution in [2.75, 3.05) is 38.2 Å². The predicted octanol–water partition coefficient (Wildman–Crippen LogP) is 4.60. The molecule has 4 rings (SSSR count). The minimum atomic E-state index is 0.0717. The van der Waals surface area contributed by atoms with Crippen LogP contribution in [0.3, 0.4) is 0 Å². The van der Waals surface area contributed by atoms with Crippen LogP contribution < -0.4 is 10.6 Å². The van der Waals surface area contributed by atoms with Gasteiger partial charge in [0, 0.05) is 61.8 Å². The molecule has 2 aliphatic rings. The van der Waals surface area contributed by atoms with Gasteiger partial charge in [0.1, 0.15) is 5.78 Å². The molecule has 2 aliphatic heterocycles. The van der Waals surface area contributed by atoms with Gasteiger partial charge in [-0.3, -0.25) is 9.78 Å². The molecule has 2 N–H and O–H groups in total. The van der Waals surface area contributed by atoms with Gasteiger partial charge in [-0.15, -0.1) is 0 Å². The fraction of sp³-hybridized carbons (Fsp3) is 0.520. The second-order valence-electron chi connectivity index (χ2n) is 9.01. The van der Waals surface area contributed by atoms with Crippen LogP contribution in [0, 0.1) is 17.8 Å². The average Bonchev–Trinajstić information content (AvgIpc) is 2.80. The summed E-state index contributed by atoms with van der Waals surface area (Å²) < 4.78 is 5.45. The van der Waals surface area contributed by atoms with E-state index in [-0.39, 0.29) is 11.7 Å². The number of benzene rings is 1. The molecule has 166 valence electrons. The lowest BCUT2D eigenvalue weighted by molar-refractivity contribution is -0.123. The number of nitrogens with one attached hydrogen (secondary N) is 2. The van der Waals surface area contributed by atoms with Crippen molar-refractivity contribution in [3.05, 3.63) is 47.2 Å². The van der Waals surface area contributed by atoms with Crippen molar-refractivity contribution in [1.29, 1.82) is 0 Å². The maximum atomic E-state index is 12.8. The highest BCUT2D eigenvalue weighted by molar-refractivity contribution is 6.33. The van der Waals surface area contributed by atoms with Gasteiger partial charge < -0.3 is 15.4 Å². The Morgan fingerprint density at radius 2 is 2.10 bits per heavy atom. The summed E-state index contributed by atoms with van der Waals surface area (Å²) >= 11 is 6.49. The topological polar surface area (TPSA) is 63.2 Å². The highest BCUT2D eigenvalue weighted by Gasteiger charge is 2.25. The number of rotatable bonds is 7. The molecular formula is C25H32ClN3O2. The first-order valence-corrected chi connectivity index (χ1v) is 11.8. The molecule has 0 spiro atoms. The standard InChI is InChI=1S/C25H32ClN3O2/c1-17-9-20(15-27-13-17)25(30)12-22-11-23(24(26)16-29-22)19-3-2-4-21(10-19)28-14-18-5-7-31-8-6-18/h2-4,10-11,16-18,20,27-28H,5-9,12-15H2,1H3/t17-,20+/m0/s1. The van der Waals surface area contributed by atoms with Crippen molar-refractivity contribution < 1.29 is 9.53 Å². The van der Waals surface area contributed by atoms with E-state index in [0.717, 1.165) is 74.6 Å². The third-order valence-electron chi connectivity index (χ3n) is 6.40. The van der Waals surface area contributed by atoms with E-state index in [2.05, 4.69) is 40.7 Å². The molecule has 0 bridgehead atoms. The molecule has 2 aromatic rings. The fourth-order valence-corrected chi connectivity index (χ4v) is 4.75. The number of nitrogens with zero attached hydrogens (tertiary/aromatic N) is 1. The van der Waals surface area contributed by atoms with Gasteiger partial charge in [0.05, 0.1) is 5.02 Å². The monoisotopic (exact) mass is 441 g/mol. The van der Waals surface area contributed by atoms with Crippen LogP contribution in [0.25, 0.3) is 11.1 Å². The summed E-state index contributed by atoms with van der Waals surface area (Å²) in [5.41, 5.74) is 3.82. The third kappa shape index (κ3) is 6.06. The summed E-state index contributed by atoms with van der Waals surface area (Å²) in [4.78, 5) is 17.2. The van der Waals surface area contributed by atoms with Crippen LogP contribution in [0.4, 0.5) is 5.69 Å². The SMILES string of the molecule is C[C@@H]1CNC[C@H](C(=O)Cc2cc(-c3cccc(NCC4CCOCC4)c3)c(Cl)cn2)C1. The maximum Gasteiger partial charge on any atom is 0.143 e. The Bertz CT molecular complexity index is 898. The number of ketones is 1. The first-order chi connectivity index (χ1) is 15.1. The van der Waals surface area contributed by atoms with Crippen LogP contribution in [-0.2, 0) is 16.0 Å². The Hall–Kier alpha value is -1.95. The number of ether oxygens (including phenoxy) is 1. The van der Waals surface area contributed by atoms with Crippen molar-refractivity contribution in [2.24, 2.45) is 17.8 Å². The highest BCUT2D eigenvalue weighted by atomic mass is 35.5. The zero-order valence-electron chi connectivity index (χ0n) is 18.2. The lowest BCUT2D eigenvalue weighted by atomic mass is 9.87. The van der Waals surface area contributed by atoms with E-state index >= 15 is 0 Å². The van der Waals surface area contributed by atoms with E-state index in [1.165, 1.54) is 0 Å². The fourth-order valence-electron chi connectivity index (χ4n) is 4.53. The third-order valence-corrected chi connectivity index (χ3v) is 6.70. The van der Waals surface area contributed by atoms with Crippen LogP contribution in [-0.4, -0.2) is 43.6 Å². The second kappa shape index (κ2) is 10.6. The van der Waals surface area contributed by atoms with Crippen molar-refractivity contribution in [2.45, 2.75) is 32.6 Å². The summed E-state index contributed by atoms with van der Waals surface area (Å²) in [6.45, 7) is 6.61. The lowest BCUT2D eigenvalue weighted by Gasteiger charge is -2.26. The highest BCUT2D eigenvalue weighted by Crippen LogP contribution is 2.30. The molecule has 2 fully saturated rings. The van der Waals surface area contributed by atoms with Gasteiger partial charge in [-0.05, 0) is 61.4 Å². The number of aromatic nitrogens is 1. The van der Waals surface area contributed by atoms with E-state index in [9.17, 15) is 4.79 Å². The Morgan fingerprint density at radius 3 is 2.90 bits per heavy atom. The first-order valence-electron chi connectivity index (χ1n) is 11.4. The number of anilines is 1. The van der Waals surface area contributed by atoms with E-state index in [4.69, 9.17) is 16.3 Å². The number of hydrogen-bond donors (Lipinski definition) is 2. The molecule has 31 heavy (non-hydrogen) atoms. The smallest absolute Gasteiger partial charge is 0.143 e. The van der Waals surface area contributed by atoms with Crippen LogP contribution in [0.1, 0.15) is 31.9 Å². The summed E-state index contributed by atoms with van der Waals surface area (Å²) in [7, 11) is 0. The number of piperidine rings is 1. The Kier molecular flexibility index (Phi) is 7.59. The van der Waals surface area contributed by atoms with Crippen LogP contribution in [0.15, 0.2) is 36.5 Å². The molecule has 0 saturated carbocycles. The lowest BCUT2D eigenvalue weighted by Crippen LogP contribution is -2.39. The van der Waals surface area contributed by atoms with E-state index in [1.54, 1.807) is 6.20 Å². The molecule has 1 aromatic carbocycles. The summed E-state index contributed by atoms with van der Waals surface area (Å²) in [5.74, 6) is 1.51. The van der Waals surface area contributed by atoms with Crippen molar-refractivity contribution in [1.82, 2.24) is 10.3 Å². The Morgan fingerprint density at radius 1 is 1.26 bits per heavy atom. The van der Waals surface area contributed by atoms with Gasteiger partial charge in [-0.2, -0.15) is 0 Å². The first kappa shape index (κ1) is 22.3. The number of hydrogen-bond acceptors (Lipinski definition) is 5. The molecule has 0 unspecified atom stereocenters. The molecule has 1 aromatic heterocycles. The van der Waals surface area contributed by atoms with Crippen LogP contribution in [0.2, 0.25) is 5.02 Å². The number of Topliss-reactive ketones (excluding diaryl/α,β-unsaturated/α-hetero) is 1. The van der Waals surface area contributed by atoms with Gasteiger partial charge in [0.2, 0.25) is 0 Å². The maximum absolute atomic E-state index is 12.8. The van der Waals surface area contributed by atoms with Crippen LogP contribution >= 0.6 is 11.6 Å². The zero-order valence-corrected chi connectivity index (χ0v) is 19.0. The summed E-state index contributed by atoms with van der Waals surface area (Å²) in [6.07, 6.45) is 5.19. The van der Waals surface area contributed by atoms with E-state index < -0.39 is 0 Å². The summed E-state index contributed by atoms with van der Waals surface area (Å²) in [6, 6.07) is 10.3. The average molecular weight is 442 g/mol. The largest absolute Gasteiger partial charge is 0.385 e. The minimum Gasteiger partial charge on any atom is -0.385 e. The normalized spacial score (nSPS) is 22.3. The second-order valence-corrected chi connectivity index (χ2v) is 9.42. The van der Waals surface area contributed by atoms with Gasteiger partial charge >= 0.3 is 0 Å². The molecular weight excluding hydrogens is 410 g/mol. The van der Waals surface area contributed by atoms with Gasteiger partial charge in [0.15, 0.2) is 0 Å². The zero-order chi connectivity index (χ0) is 21.6. The van der Waals surface area contributed by atoms with Gasteiger partial charge in [0.25, 0.3) is 0 Å². The number of carbonyl (C=O) groups excluding carboxylic acids is 1. The van der Waals surface area contributed by atoms with Crippen molar-refractivity contribution in [3.63, 3.8) is 0 Å². The molecule has 0 radical (unpaired) electrons. The molecule has 3 heterocycles. The van der Waals surface area contributed by atoms with Crippen molar-refractivity contribution >= 4 is 23.1 Å². The van der Waals surface area contributed by atoms with Gasteiger partial charge in [-0.25, -0.2) is 0 Å². The van der Waals surface area contributed by atoms with Gasteiger partial charge in [-0.1, -0.05) is 30.7 Å².